The summed E-state index contributed by atoms with van der Waals surface area (Å²) in [5.74, 6) is -2.58. The average molecular weight is 276 g/mol. The molecule has 18 heavy (non-hydrogen) atoms. The maximum absolute atomic E-state index is 13.5. The normalized spacial score (nSPS) is 11.8. The number of aliphatic hydroxyl groups is 1. The first kappa shape index (κ1) is 14.4. The quantitative estimate of drug-likeness (QED) is 0.795. The molecule has 0 radical (unpaired) electrons. The molecule has 5 nitrogen and oxygen atoms in total. The zero-order chi connectivity index (χ0) is 13.7. The number of methoxy groups -OCH3 is 1. The summed E-state index contributed by atoms with van der Waals surface area (Å²) in [4.78, 5) is 22.8. The number of aliphatic hydroxyl groups excluding tert-OH is 1. The predicted octanol–water partition coefficient (Wildman–Crippen LogP) is 0.743. The van der Waals surface area contributed by atoms with Crippen LogP contribution in [0.4, 0.5) is 4.39 Å². The van der Waals surface area contributed by atoms with Gasteiger partial charge in [-0.2, -0.15) is 0 Å². The molecule has 0 aliphatic heterocycles. The third kappa shape index (κ3) is 3.18. The number of halogens is 2. The number of hydrogen-bond acceptors (Lipinski definition) is 4. The molecule has 0 bridgehead atoms. The lowest BCUT2D eigenvalue weighted by Crippen LogP contribution is -2.44. The number of amides is 1. The highest BCUT2D eigenvalue weighted by Gasteiger charge is 2.23. The fraction of sp³-hybridized carbons (Fsp3) is 0.273. The van der Waals surface area contributed by atoms with E-state index in [1.165, 1.54) is 18.2 Å². The van der Waals surface area contributed by atoms with Crippen LogP contribution in [0.15, 0.2) is 18.2 Å². The summed E-state index contributed by atoms with van der Waals surface area (Å²) in [5.41, 5.74) is -0.315. The topological polar surface area (TPSA) is 75.6 Å². The summed E-state index contributed by atoms with van der Waals surface area (Å²) < 4.78 is 17.9. The standard InChI is InChI=1S/C11H11ClFNO4/c1-18-11(17)8(5-15)14-10(16)6-3-2-4-7(12)9(6)13/h2-4,8,15H,5H2,1H3,(H,14,16)/t8-/m0/s1. The minimum atomic E-state index is -1.25. The first-order chi connectivity index (χ1) is 8.51. The second-order valence-electron chi connectivity index (χ2n) is 3.33. The summed E-state index contributed by atoms with van der Waals surface area (Å²) in [6.07, 6.45) is 0. The molecule has 1 atom stereocenters. The van der Waals surface area contributed by atoms with E-state index in [9.17, 15) is 14.0 Å². The van der Waals surface area contributed by atoms with Crippen molar-refractivity contribution in [1.82, 2.24) is 5.32 Å². The number of carbonyl (C=O) groups excluding carboxylic acids is 2. The van der Waals surface area contributed by atoms with Crippen LogP contribution in [0.1, 0.15) is 10.4 Å². The third-order valence-electron chi connectivity index (χ3n) is 2.17. The maximum atomic E-state index is 13.5. The molecule has 0 saturated heterocycles. The summed E-state index contributed by atoms with van der Waals surface area (Å²) in [6.45, 7) is -0.652. The summed E-state index contributed by atoms with van der Waals surface area (Å²) in [7, 11) is 1.11. The van der Waals surface area contributed by atoms with Gasteiger partial charge in [-0.25, -0.2) is 9.18 Å². The Labute approximate surface area is 108 Å². The molecule has 0 aromatic heterocycles. The van der Waals surface area contributed by atoms with E-state index < -0.39 is 30.3 Å². The zero-order valence-electron chi connectivity index (χ0n) is 9.44. The lowest BCUT2D eigenvalue weighted by Gasteiger charge is -2.14. The highest BCUT2D eigenvalue weighted by Crippen LogP contribution is 2.17. The van der Waals surface area contributed by atoms with Gasteiger partial charge in [0.25, 0.3) is 5.91 Å². The largest absolute Gasteiger partial charge is 0.467 e. The van der Waals surface area contributed by atoms with Gasteiger partial charge in [0.15, 0.2) is 11.9 Å². The Morgan fingerprint density at radius 3 is 2.78 bits per heavy atom. The number of nitrogens with one attached hydrogen (secondary N) is 1. The summed E-state index contributed by atoms with van der Waals surface area (Å²) in [5, 5.41) is 10.8. The van der Waals surface area contributed by atoms with Crippen molar-refractivity contribution >= 4 is 23.5 Å². The van der Waals surface area contributed by atoms with E-state index in [2.05, 4.69) is 10.1 Å². The molecule has 0 saturated carbocycles. The second kappa shape index (κ2) is 6.32. The van der Waals surface area contributed by atoms with Crippen LogP contribution in [0.25, 0.3) is 0 Å². The highest BCUT2D eigenvalue weighted by atomic mass is 35.5. The van der Waals surface area contributed by atoms with Crippen LogP contribution in [0.2, 0.25) is 5.02 Å². The molecule has 1 amide bonds. The van der Waals surface area contributed by atoms with Crippen molar-refractivity contribution in [3.63, 3.8) is 0 Å². The Kier molecular flexibility index (Phi) is 5.06. The number of ether oxygens (including phenoxy) is 1. The van der Waals surface area contributed by atoms with Gasteiger partial charge in [-0.3, -0.25) is 4.79 Å². The van der Waals surface area contributed by atoms with Crippen LogP contribution in [-0.2, 0) is 9.53 Å². The van der Waals surface area contributed by atoms with E-state index in [0.29, 0.717) is 0 Å². The molecular formula is C11H11ClFNO4. The molecule has 0 aliphatic carbocycles. The fourth-order valence-corrected chi connectivity index (χ4v) is 1.41. The van der Waals surface area contributed by atoms with Gasteiger partial charge in [0.2, 0.25) is 0 Å². The summed E-state index contributed by atoms with van der Waals surface area (Å²) in [6, 6.07) is 2.65. The van der Waals surface area contributed by atoms with Gasteiger partial charge in [0, 0.05) is 0 Å². The second-order valence-corrected chi connectivity index (χ2v) is 3.74. The Bertz CT molecular complexity index is 466. The van der Waals surface area contributed by atoms with Crippen LogP contribution in [-0.4, -0.2) is 36.7 Å². The van der Waals surface area contributed by atoms with Crippen molar-refractivity contribution in [2.45, 2.75) is 6.04 Å². The lowest BCUT2D eigenvalue weighted by molar-refractivity contribution is -0.143. The fourth-order valence-electron chi connectivity index (χ4n) is 1.24. The monoisotopic (exact) mass is 275 g/mol. The third-order valence-corrected chi connectivity index (χ3v) is 2.46. The number of rotatable bonds is 4. The molecule has 1 rings (SSSR count). The summed E-state index contributed by atoms with van der Waals surface area (Å²) >= 11 is 5.52. The number of hydrogen-bond donors (Lipinski definition) is 2. The molecule has 0 fully saturated rings. The van der Waals surface area contributed by atoms with Crippen LogP contribution in [0.5, 0.6) is 0 Å². The number of esters is 1. The van der Waals surface area contributed by atoms with Gasteiger partial charge in [-0.05, 0) is 12.1 Å². The van der Waals surface area contributed by atoms with Crippen LogP contribution >= 0.6 is 11.6 Å². The van der Waals surface area contributed by atoms with E-state index >= 15 is 0 Å². The van der Waals surface area contributed by atoms with E-state index in [0.717, 1.165) is 7.11 Å². The van der Waals surface area contributed by atoms with Crippen molar-refractivity contribution in [1.29, 1.82) is 0 Å². The van der Waals surface area contributed by atoms with Gasteiger partial charge in [0.05, 0.1) is 24.3 Å². The number of carbonyl (C=O) groups is 2. The van der Waals surface area contributed by atoms with Crippen molar-refractivity contribution < 1.29 is 23.8 Å². The Hall–Kier alpha value is -1.66. The Balaban J connectivity index is 2.88. The molecule has 2 N–H and O–H groups in total. The minimum Gasteiger partial charge on any atom is -0.467 e. The Morgan fingerprint density at radius 1 is 1.56 bits per heavy atom. The van der Waals surface area contributed by atoms with Crippen molar-refractivity contribution in [3.8, 4) is 0 Å². The average Bonchev–Trinajstić information content (AvgIpc) is 2.37. The van der Waals surface area contributed by atoms with E-state index in [-0.39, 0.29) is 10.6 Å². The van der Waals surface area contributed by atoms with E-state index in [4.69, 9.17) is 16.7 Å². The van der Waals surface area contributed by atoms with Gasteiger partial charge < -0.3 is 15.2 Å². The molecule has 0 aliphatic rings. The molecule has 0 heterocycles. The predicted molar refractivity (Wildman–Crippen MR) is 61.8 cm³/mol. The lowest BCUT2D eigenvalue weighted by atomic mass is 10.2. The number of benzene rings is 1. The van der Waals surface area contributed by atoms with Crippen LogP contribution in [0.3, 0.4) is 0 Å². The molecule has 98 valence electrons. The van der Waals surface area contributed by atoms with Gasteiger partial charge in [-0.15, -0.1) is 0 Å². The van der Waals surface area contributed by atoms with Crippen molar-refractivity contribution in [2.24, 2.45) is 0 Å². The smallest absolute Gasteiger partial charge is 0.330 e. The van der Waals surface area contributed by atoms with Gasteiger partial charge in [-0.1, -0.05) is 17.7 Å². The molecule has 0 spiro atoms. The first-order valence-corrected chi connectivity index (χ1v) is 5.32. The van der Waals surface area contributed by atoms with Crippen molar-refractivity contribution in [3.05, 3.63) is 34.6 Å². The molecule has 0 unspecified atom stereocenters. The molecule has 1 aromatic rings. The molecule has 1 aromatic carbocycles. The first-order valence-electron chi connectivity index (χ1n) is 4.94. The molecular weight excluding hydrogens is 265 g/mol. The van der Waals surface area contributed by atoms with Crippen molar-refractivity contribution in [2.75, 3.05) is 13.7 Å². The van der Waals surface area contributed by atoms with E-state index in [1.54, 1.807) is 0 Å². The zero-order valence-corrected chi connectivity index (χ0v) is 10.2. The van der Waals surface area contributed by atoms with Gasteiger partial charge in [0.1, 0.15) is 0 Å². The Morgan fingerprint density at radius 2 is 2.22 bits per heavy atom. The van der Waals surface area contributed by atoms with Gasteiger partial charge >= 0.3 is 5.97 Å². The van der Waals surface area contributed by atoms with Crippen LogP contribution in [0, 0.1) is 5.82 Å². The van der Waals surface area contributed by atoms with E-state index in [1.807, 2.05) is 0 Å². The maximum Gasteiger partial charge on any atom is 0.330 e. The van der Waals surface area contributed by atoms with Crippen LogP contribution < -0.4 is 5.32 Å². The molecule has 7 heteroatoms. The minimum absolute atomic E-state index is 0.207. The SMILES string of the molecule is COC(=O)[C@H](CO)NC(=O)c1cccc(Cl)c1F. The highest BCUT2D eigenvalue weighted by molar-refractivity contribution is 6.31.